The van der Waals surface area contributed by atoms with Crippen LogP contribution in [0, 0.1) is 11.6 Å². The number of nitrogen functional groups attached to an aromatic ring is 1. The molecule has 0 aliphatic rings. The Labute approximate surface area is 109 Å². The molecule has 0 bridgehead atoms. The Morgan fingerprint density at radius 3 is 2.58 bits per heavy atom. The number of hydrogen-bond acceptors (Lipinski definition) is 3. The second-order valence-corrected chi connectivity index (χ2v) is 3.93. The van der Waals surface area contributed by atoms with Gasteiger partial charge in [0, 0.05) is 17.7 Å². The van der Waals surface area contributed by atoms with Crippen molar-refractivity contribution >= 4 is 5.69 Å². The SMILES string of the molecule is COc1ccc(N)c(OCc2ccc(F)cc2F)c1. The number of hydrogen-bond donors (Lipinski definition) is 1. The molecule has 0 saturated heterocycles. The lowest BCUT2D eigenvalue weighted by Crippen LogP contribution is -2.01. The highest BCUT2D eigenvalue weighted by Crippen LogP contribution is 2.27. The zero-order valence-corrected chi connectivity index (χ0v) is 10.3. The maximum absolute atomic E-state index is 13.4. The van der Waals surface area contributed by atoms with Gasteiger partial charge in [0.25, 0.3) is 0 Å². The smallest absolute Gasteiger partial charge is 0.146 e. The standard InChI is InChI=1S/C14H13F2NO2/c1-18-11-4-5-13(17)14(7-11)19-8-9-2-3-10(15)6-12(9)16/h2-7H,8,17H2,1H3. The zero-order valence-electron chi connectivity index (χ0n) is 10.3. The molecule has 0 atom stereocenters. The van der Waals surface area contributed by atoms with Gasteiger partial charge in [0.05, 0.1) is 12.8 Å². The van der Waals surface area contributed by atoms with Crippen LogP contribution in [0.15, 0.2) is 36.4 Å². The molecule has 0 unspecified atom stereocenters. The molecule has 0 saturated carbocycles. The van der Waals surface area contributed by atoms with Crippen LogP contribution < -0.4 is 15.2 Å². The van der Waals surface area contributed by atoms with Crippen LogP contribution in [0.3, 0.4) is 0 Å². The molecule has 19 heavy (non-hydrogen) atoms. The average molecular weight is 265 g/mol. The molecule has 3 nitrogen and oxygen atoms in total. The fourth-order valence-corrected chi connectivity index (χ4v) is 1.56. The van der Waals surface area contributed by atoms with E-state index in [4.69, 9.17) is 15.2 Å². The van der Waals surface area contributed by atoms with Crippen molar-refractivity contribution in [2.24, 2.45) is 0 Å². The fourth-order valence-electron chi connectivity index (χ4n) is 1.56. The summed E-state index contributed by atoms with van der Waals surface area (Å²) in [6, 6.07) is 8.26. The van der Waals surface area contributed by atoms with Crippen molar-refractivity contribution < 1.29 is 18.3 Å². The summed E-state index contributed by atoms with van der Waals surface area (Å²) in [4.78, 5) is 0. The van der Waals surface area contributed by atoms with Gasteiger partial charge in [0.1, 0.15) is 29.7 Å². The maximum Gasteiger partial charge on any atom is 0.146 e. The van der Waals surface area contributed by atoms with E-state index in [0.717, 1.165) is 6.07 Å². The summed E-state index contributed by atoms with van der Waals surface area (Å²) in [7, 11) is 1.52. The topological polar surface area (TPSA) is 44.5 Å². The number of methoxy groups -OCH3 is 1. The minimum Gasteiger partial charge on any atom is -0.497 e. The van der Waals surface area contributed by atoms with E-state index in [1.54, 1.807) is 18.2 Å². The highest BCUT2D eigenvalue weighted by Gasteiger charge is 2.07. The van der Waals surface area contributed by atoms with Crippen molar-refractivity contribution in [3.8, 4) is 11.5 Å². The molecule has 2 aromatic carbocycles. The van der Waals surface area contributed by atoms with Crippen LogP contribution in [0.25, 0.3) is 0 Å². The maximum atomic E-state index is 13.4. The first kappa shape index (κ1) is 13.1. The molecular formula is C14H13F2NO2. The third-order valence-corrected chi connectivity index (χ3v) is 2.62. The van der Waals surface area contributed by atoms with Crippen molar-refractivity contribution in [1.29, 1.82) is 0 Å². The molecule has 5 heteroatoms. The van der Waals surface area contributed by atoms with Gasteiger partial charge in [-0.05, 0) is 24.3 Å². The van der Waals surface area contributed by atoms with Gasteiger partial charge in [0.2, 0.25) is 0 Å². The van der Waals surface area contributed by atoms with Gasteiger partial charge in [-0.2, -0.15) is 0 Å². The Morgan fingerprint density at radius 2 is 1.89 bits per heavy atom. The Bertz CT molecular complexity index is 588. The van der Waals surface area contributed by atoms with Gasteiger partial charge >= 0.3 is 0 Å². The van der Waals surface area contributed by atoms with Crippen molar-refractivity contribution in [3.63, 3.8) is 0 Å². The largest absolute Gasteiger partial charge is 0.497 e. The first-order valence-corrected chi connectivity index (χ1v) is 5.60. The van der Waals surface area contributed by atoms with Gasteiger partial charge in [-0.25, -0.2) is 8.78 Å². The normalized spacial score (nSPS) is 10.3. The summed E-state index contributed by atoms with van der Waals surface area (Å²) in [6.07, 6.45) is 0. The molecule has 2 rings (SSSR count). The Kier molecular flexibility index (Phi) is 3.85. The van der Waals surface area contributed by atoms with E-state index in [1.165, 1.54) is 19.2 Å². The molecule has 100 valence electrons. The Morgan fingerprint density at radius 1 is 1.11 bits per heavy atom. The lowest BCUT2D eigenvalue weighted by molar-refractivity contribution is 0.299. The highest BCUT2D eigenvalue weighted by molar-refractivity contribution is 5.55. The monoisotopic (exact) mass is 265 g/mol. The van der Waals surface area contributed by atoms with Crippen LogP contribution in [0.4, 0.5) is 14.5 Å². The molecule has 0 aliphatic carbocycles. The summed E-state index contributed by atoms with van der Waals surface area (Å²) < 4.78 is 36.6. The van der Waals surface area contributed by atoms with Crippen LogP contribution in [0.5, 0.6) is 11.5 Å². The predicted octanol–water partition coefficient (Wildman–Crippen LogP) is 3.13. The van der Waals surface area contributed by atoms with E-state index >= 15 is 0 Å². The summed E-state index contributed by atoms with van der Waals surface area (Å²) in [6.45, 7) is -0.0382. The lowest BCUT2D eigenvalue weighted by atomic mass is 10.2. The van der Waals surface area contributed by atoms with Crippen molar-refractivity contribution in [2.75, 3.05) is 12.8 Å². The highest BCUT2D eigenvalue weighted by atomic mass is 19.1. The molecule has 0 heterocycles. The van der Waals surface area contributed by atoms with Crippen LogP contribution in [0.1, 0.15) is 5.56 Å². The van der Waals surface area contributed by atoms with Crippen molar-refractivity contribution in [2.45, 2.75) is 6.61 Å². The van der Waals surface area contributed by atoms with Gasteiger partial charge in [-0.15, -0.1) is 0 Å². The first-order chi connectivity index (χ1) is 9.10. The molecule has 0 aromatic heterocycles. The molecule has 0 aliphatic heterocycles. The third kappa shape index (κ3) is 3.13. The molecule has 0 radical (unpaired) electrons. The number of ether oxygens (including phenoxy) is 2. The quantitative estimate of drug-likeness (QED) is 0.864. The van der Waals surface area contributed by atoms with Crippen LogP contribution in [-0.2, 0) is 6.61 Å². The van der Waals surface area contributed by atoms with E-state index in [2.05, 4.69) is 0 Å². The third-order valence-electron chi connectivity index (χ3n) is 2.62. The summed E-state index contributed by atoms with van der Waals surface area (Å²) in [5.74, 6) is -0.296. The minimum atomic E-state index is -0.651. The minimum absolute atomic E-state index is 0.0382. The van der Waals surface area contributed by atoms with E-state index in [0.29, 0.717) is 17.2 Å². The molecule has 0 spiro atoms. The second-order valence-electron chi connectivity index (χ2n) is 3.93. The first-order valence-electron chi connectivity index (χ1n) is 5.60. The van der Waals surface area contributed by atoms with E-state index in [1.807, 2.05) is 0 Å². The van der Waals surface area contributed by atoms with E-state index in [-0.39, 0.29) is 12.2 Å². The number of rotatable bonds is 4. The lowest BCUT2D eigenvalue weighted by Gasteiger charge is -2.11. The number of nitrogens with two attached hydrogens (primary N) is 1. The Balaban J connectivity index is 2.14. The zero-order chi connectivity index (χ0) is 13.8. The van der Waals surface area contributed by atoms with Crippen LogP contribution >= 0.6 is 0 Å². The Hall–Kier alpha value is -2.30. The summed E-state index contributed by atoms with van der Waals surface area (Å²) >= 11 is 0. The molecule has 0 amide bonds. The molecule has 2 N–H and O–H groups in total. The van der Waals surface area contributed by atoms with Crippen LogP contribution in [0.2, 0.25) is 0 Å². The van der Waals surface area contributed by atoms with E-state index < -0.39 is 11.6 Å². The van der Waals surface area contributed by atoms with Crippen molar-refractivity contribution in [3.05, 3.63) is 53.6 Å². The van der Waals surface area contributed by atoms with Gasteiger partial charge < -0.3 is 15.2 Å². The van der Waals surface area contributed by atoms with Gasteiger partial charge in [-0.1, -0.05) is 0 Å². The molecular weight excluding hydrogens is 252 g/mol. The summed E-state index contributed by atoms with van der Waals surface area (Å²) in [5.41, 5.74) is 6.41. The van der Waals surface area contributed by atoms with Crippen molar-refractivity contribution in [1.82, 2.24) is 0 Å². The number of anilines is 1. The average Bonchev–Trinajstić information content (AvgIpc) is 2.39. The molecule has 2 aromatic rings. The van der Waals surface area contributed by atoms with Crippen LogP contribution in [-0.4, -0.2) is 7.11 Å². The van der Waals surface area contributed by atoms with Gasteiger partial charge in [0.15, 0.2) is 0 Å². The van der Waals surface area contributed by atoms with Gasteiger partial charge in [-0.3, -0.25) is 0 Å². The fraction of sp³-hybridized carbons (Fsp3) is 0.143. The number of benzene rings is 2. The summed E-state index contributed by atoms with van der Waals surface area (Å²) in [5, 5.41) is 0. The van der Waals surface area contributed by atoms with E-state index in [9.17, 15) is 8.78 Å². The second kappa shape index (κ2) is 5.56. The molecule has 0 fully saturated rings. The number of halogens is 2. The predicted molar refractivity (Wildman–Crippen MR) is 68.1 cm³/mol.